The molecule has 118 valence electrons. The van der Waals surface area contributed by atoms with Crippen LogP contribution in [0.5, 0.6) is 5.75 Å². The van der Waals surface area contributed by atoms with Gasteiger partial charge in [-0.1, -0.05) is 27.2 Å². The summed E-state index contributed by atoms with van der Waals surface area (Å²) in [6, 6.07) is 5.29. The first-order valence-electron chi connectivity index (χ1n) is 7.37. The number of fused-ring (bicyclic) bond motifs is 1. The number of benzene rings is 1. The molecule has 1 unspecified atom stereocenters. The van der Waals surface area contributed by atoms with E-state index in [0.29, 0.717) is 13.0 Å². The normalized spacial score (nSPS) is 18.7. The molecular formula is C18H25NO2U. The Labute approximate surface area is 158 Å². The van der Waals surface area contributed by atoms with Crippen molar-refractivity contribution in [1.29, 1.82) is 0 Å². The number of carbonyl (C=O) groups excluding carboxylic acids is 1. The number of carbonyl (C=O) groups is 1. The van der Waals surface area contributed by atoms with Crippen molar-refractivity contribution in [3.8, 4) is 5.75 Å². The summed E-state index contributed by atoms with van der Waals surface area (Å²) in [5, 5.41) is 2.93. The predicted molar refractivity (Wildman–Crippen MR) is 85.3 cm³/mol. The molecule has 1 N–H and O–H groups in total. The second-order valence-electron chi connectivity index (χ2n) is 5.51. The van der Waals surface area contributed by atoms with Crippen molar-refractivity contribution in [2.45, 2.75) is 52.6 Å². The molecule has 1 atom stereocenters. The first kappa shape index (κ1) is 21.3. The molecule has 0 aromatic heterocycles. The van der Waals surface area contributed by atoms with Crippen LogP contribution in [0.2, 0.25) is 0 Å². The average Bonchev–Trinajstić information content (AvgIpc) is 2.46. The Bertz CT molecular complexity index is 516. The standard InChI is InChI=1S/C16H22NO2.C2H3.U/c1-5-8-17-15(18)16(4)7-6-13-12(3)9-11(2)10-14(13)19-16;1-2;/h10H,5-8H2,1-4H3,(H,17,18);1H,2H2;/q2*-1;+2. The number of amides is 1. The quantitative estimate of drug-likeness (QED) is 0.616. The number of hydrogen-bond acceptors (Lipinski definition) is 2. The van der Waals surface area contributed by atoms with Gasteiger partial charge >= 0.3 is 31.1 Å². The van der Waals surface area contributed by atoms with Gasteiger partial charge in [-0.3, -0.25) is 11.4 Å². The van der Waals surface area contributed by atoms with Gasteiger partial charge < -0.3 is 16.6 Å². The third kappa shape index (κ3) is 4.90. The predicted octanol–water partition coefficient (Wildman–Crippen LogP) is 3.32. The Hall–Kier alpha value is -0.718. The summed E-state index contributed by atoms with van der Waals surface area (Å²) in [6.07, 6.45) is 2.52. The van der Waals surface area contributed by atoms with Crippen LogP contribution in [-0.2, 0) is 11.2 Å². The monoisotopic (exact) mass is 525 g/mol. The Kier molecular flexibility index (Phi) is 9.12. The molecule has 1 aliphatic heterocycles. The van der Waals surface area contributed by atoms with Crippen molar-refractivity contribution in [2.75, 3.05) is 6.54 Å². The van der Waals surface area contributed by atoms with Crippen molar-refractivity contribution in [1.82, 2.24) is 5.32 Å². The third-order valence-corrected chi connectivity index (χ3v) is 3.69. The molecular weight excluding hydrogens is 500 g/mol. The van der Waals surface area contributed by atoms with Gasteiger partial charge in [-0.25, -0.2) is 0 Å². The Morgan fingerprint density at radius 2 is 2.14 bits per heavy atom. The minimum absolute atomic E-state index is 0. The van der Waals surface area contributed by atoms with Gasteiger partial charge in [0.2, 0.25) is 0 Å². The summed E-state index contributed by atoms with van der Waals surface area (Å²) in [5.74, 6) is 0.831. The fourth-order valence-corrected chi connectivity index (χ4v) is 2.52. The third-order valence-electron chi connectivity index (χ3n) is 3.69. The summed E-state index contributed by atoms with van der Waals surface area (Å²) >= 11 is 0. The van der Waals surface area contributed by atoms with E-state index < -0.39 is 5.60 Å². The van der Waals surface area contributed by atoms with Crippen LogP contribution in [-0.4, -0.2) is 18.1 Å². The largest absolute Gasteiger partial charge is 2.00 e. The molecule has 0 radical (unpaired) electrons. The zero-order valence-corrected chi connectivity index (χ0v) is 18.2. The minimum atomic E-state index is -0.748. The van der Waals surface area contributed by atoms with Gasteiger partial charge in [0, 0.05) is 12.3 Å². The molecule has 2 rings (SSSR count). The van der Waals surface area contributed by atoms with Crippen molar-refractivity contribution >= 4 is 5.91 Å². The molecule has 3 nitrogen and oxygen atoms in total. The molecule has 0 saturated carbocycles. The molecule has 4 heteroatoms. The number of hydrogen-bond donors (Lipinski definition) is 1. The molecule has 1 aliphatic rings. The van der Waals surface area contributed by atoms with E-state index in [0.717, 1.165) is 29.7 Å². The van der Waals surface area contributed by atoms with Gasteiger partial charge in [0.05, 0.1) is 0 Å². The fraction of sp³-hybridized carbons (Fsp3) is 0.500. The van der Waals surface area contributed by atoms with Crippen LogP contribution < -0.4 is 10.1 Å². The van der Waals surface area contributed by atoms with E-state index in [-0.39, 0.29) is 37.0 Å². The van der Waals surface area contributed by atoms with E-state index in [4.69, 9.17) is 4.74 Å². The van der Waals surface area contributed by atoms with Crippen LogP contribution in [0.4, 0.5) is 0 Å². The molecule has 0 spiro atoms. The van der Waals surface area contributed by atoms with Gasteiger partial charge in [0.15, 0.2) is 5.60 Å². The molecule has 1 aromatic rings. The first-order valence-corrected chi connectivity index (χ1v) is 7.37. The van der Waals surface area contributed by atoms with E-state index in [1.807, 2.05) is 26.8 Å². The van der Waals surface area contributed by atoms with E-state index in [1.54, 1.807) is 0 Å². The second kappa shape index (κ2) is 9.43. The van der Waals surface area contributed by atoms with Crippen LogP contribution in [0.15, 0.2) is 12.6 Å². The van der Waals surface area contributed by atoms with Crippen LogP contribution in [0.3, 0.4) is 0 Å². The van der Waals surface area contributed by atoms with Crippen molar-refractivity contribution < 1.29 is 40.6 Å². The van der Waals surface area contributed by atoms with E-state index >= 15 is 0 Å². The van der Waals surface area contributed by atoms with Crippen molar-refractivity contribution in [2.24, 2.45) is 0 Å². The summed E-state index contributed by atoms with van der Waals surface area (Å²) in [6.45, 7) is 15.7. The molecule has 1 amide bonds. The van der Waals surface area contributed by atoms with E-state index in [9.17, 15) is 4.79 Å². The molecule has 0 bridgehead atoms. The molecule has 0 saturated heterocycles. The second-order valence-corrected chi connectivity index (χ2v) is 5.51. The maximum Gasteiger partial charge on any atom is 2.00 e. The van der Waals surface area contributed by atoms with E-state index in [2.05, 4.69) is 31.5 Å². The van der Waals surface area contributed by atoms with Gasteiger partial charge in [0.25, 0.3) is 5.91 Å². The Morgan fingerprint density at radius 1 is 1.50 bits per heavy atom. The number of rotatable bonds is 3. The maximum absolute atomic E-state index is 12.2. The molecule has 22 heavy (non-hydrogen) atoms. The zero-order chi connectivity index (χ0) is 16.0. The van der Waals surface area contributed by atoms with Gasteiger partial charge in [-0.2, -0.15) is 17.2 Å². The molecule has 0 fully saturated rings. The molecule has 0 aliphatic carbocycles. The Morgan fingerprint density at radius 3 is 2.73 bits per heavy atom. The Balaban J connectivity index is 0.00000141. The number of nitrogens with one attached hydrogen (secondary N) is 1. The minimum Gasteiger partial charge on any atom is -0.521 e. The number of aryl methyl sites for hydroxylation is 2. The topological polar surface area (TPSA) is 38.3 Å². The van der Waals surface area contributed by atoms with Gasteiger partial charge in [-0.05, 0) is 19.8 Å². The number of ether oxygens (including phenoxy) is 1. The van der Waals surface area contributed by atoms with Crippen molar-refractivity contribution in [3.63, 3.8) is 0 Å². The first-order chi connectivity index (χ1) is 9.96. The van der Waals surface area contributed by atoms with Crippen LogP contribution in [0, 0.1) is 57.6 Å². The summed E-state index contributed by atoms with van der Waals surface area (Å²) in [4.78, 5) is 12.2. The average molecular weight is 525 g/mol. The summed E-state index contributed by atoms with van der Waals surface area (Å²) < 4.78 is 6.01. The fourth-order valence-electron chi connectivity index (χ4n) is 2.52. The maximum atomic E-state index is 12.2. The van der Waals surface area contributed by atoms with E-state index in [1.165, 1.54) is 5.56 Å². The molecule has 1 aromatic carbocycles. The summed E-state index contributed by atoms with van der Waals surface area (Å²) in [5.41, 5.74) is 2.62. The molecule has 1 heterocycles. The zero-order valence-electron chi connectivity index (χ0n) is 14.0. The smallest absolute Gasteiger partial charge is 0.521 e. The SMILES string of the molecule is CCCNC(=O)C1(C)CCc2c(C)[c-]c(C)cc2O1.[CH-]=C.[U+2]. The van der Waals surface area contributed by atoms with Crippen molar-refractivity contribution in [3.05, 3.63) is 42.0 Å². The van der Waals surface area contributed by atoms with Crippen LogP contribution in [0.1, 0.15) is 43.4 Å². The summed E-state index contributed by atoms with van der Waals surface area (Å²) in [7, 11) is 0. The van der Waals surface area contributed by atoms with Crippen LogP contribution in [0.25, 0.3) is 0 Å². The van der Waals surface area contributed by atoms with Gasteiger partial charge in [0.1, 0.15) is 0 Å². The van der Waals surface area contributed by atoms with Crippen LogP contribution >= 0.6 is 0 Å². The van der Waals surface area contributed by atoms with Gasteiger partial charge in [-0.15, -0.1) is 11.6 Å².